The van der Waals surface area contributed by atoms with Crippen LogP contribution in [0.1, 0.15) is 46.0 Å². The molecule has 0 radical (unpaired) electrons. The molecule has 1 amide bonds. The molecule has 0 aromatic heterocycles. The highest BCUT2D eigenvalue weighted by atomic mass is 35.5. The standard InChI is InChI=1S/C14H26N2O.ClH/c1-11-3-5-12(6-4-11)9-16-13(17)14(2)7-8-15-10-14;/h11-12,15H,3-10H2,1-2H3,(H,16,17);1H. The fraction of sp³-hybridized carbons (Fsp3) is 0.929. The first-order chi connectivity index (χ1) is 8.10. The summed E-state index contributed by atoms with van der Waals surface area (Å²) in [5, 5.41) is 6.45. The van der Waals surface area contributed by atoms with Crippen molar-refractivity contribution >= 4 is 18.3 Å². The van der Waals surface area contributed by atoms with Gasteiger partial charge in [0.05, 0.1) is 5.41 Å². The third-order valence-corrected chi connectivity index (χ3v) is 4.60. The van der Waals surface area contributed by atoms with Crippen LogP contribution in [0.15, 0.2) is 0 Å². The number of amides is 1. The van der Waals surface area contributed by atoms with E-state index >= 15 is 0 Å². The molecular weight excluding hydrogens is 248 g/mol. The maximum absolute atomic E-state index is 12.1. The first-order valence-corrected chi connectivity index (χ1v) is 7.09. The zero-order valence-corrected chi connectivity index (χ0v) is 12.4. The van der Waals surface area contributed by atoms with E-state index in [0.717, 1.165) is 32.0 Å². The molecule has 1 atom stereocenters. The zero-order valence-electron chi connectivity index (χ0n) is 11.6. The molecule has 1 aliphatic heterocycles. The molecular formula is C14H27ClN2O. The molecule has 0 spiro atoms. The molecule has 0 aromatic rings. The molecule has 2 rings (SSSR count). The summed E-state index contributed by atoms with van der Waals surface area (Å²) in [4.78, 5) is 12.1. The van der Waals surface area contributed by atoms with Gasteiger partial charge in [-0.25, -0.2) is 0 Å². The van der Waals surface area contributed by atoms with E-state index in [1.807, 2.05) is 0 Å². The van der Waals surface area contributed by atoms with Crippen molar-refractivity contribution in [3.05, 3.63) is 0 Å². The molecule has 18 heavy (non-hydrogen) atoms. The predicted octanol–water partition coefficient (Wildman–Crippen LogP) is 2.35. The monoisotopic (exact) mass is 274 g/mol. The minimum absolute atomic E-state index is 0. The van der Waals surface area contributed by atoms with Crippen LogP contribution < -0.4 is 10.6 Å². The highest BCUT2D eigenvalue weighted by Gasteiger charge is 2.36. The highest BCUT2D eigenvalue weighted by Crippen LogP contribution is 2.28. The van der Waals surface area contributed by atoms with Crippen LogP contribution in [0.25, 0.3) is 0 Å². The highest BCUT2D eigenvalue weighted by molar-refractivity contribution is 5.85. The smallest absolute Gasteiger partial charge is 0.227 e. The Balaban J connectivity index is 0.00000162. The first-order valence-electron chi connectivity index (χ1n) is 7.09. The van der Waals surface area contributed by atoms with E-state index in [1.54, 1.807) is 0 Å². The van der Waals surface area contributed by atoms with Crippen molar-refractivity contribution in [3.63, 3.8) is 0 Å². The quantitative estimate of drug-likeness (QED) is 0.830. The van der Waals surface area contributed by atoms with Crippen molar-refractivity contribution in [2.75, 3.05) is 19.6 Å². The molecule has 2 N–H and O–H groups in total. The van der Waals surface area contributed by atoms with Gasteiger partial charge >= 0.3 is 0 Å². The van der Waals surface area contributed by atoms with E-state index in [-0.39, 0.29) is 23.7 Å². The van der Waals surface area contributed by atoms with Gasteiger partial charge in [-0.3, -0.25) is 4.79 Å². The molecule has 1 unspecified atom stereocenters. The fourth-order valence-electron chi connectivity index (χ4n) is 2.99. The van der Waals surface area contributed by atoms with Crippen molar-refractivity contribution in [1.29, 1.82) is 0 Å². The summed E-state index contributed by atoms with van der Waals surface area (Å²) in [6.07, 6.45) is 6.21. The van der Waals surface area contributed by atoms with Crippen LogP contribution in [-0.2, 0) is 4.79 Å². The van der Waals surface area contributed by atoms with Crippen molar-refractivity contribution in [2.24, 2.45) is 17.3 Å². The summed E-state index contributed by atoms with van der Waals surface area (Å²) in [7, 11) is 0. The Hall–Kier alpha value is -0.280. The van der Waals surface area contributed by atoms with E-state index in [1.165, 1.54) is 25.7 Å². The van der Waals surface area contributed by atoms with Gasteiger partial charge in [-0.2, -0.15) is 0 Å². The Morgan fingerprint density at radius 2 is 2.00 bits per heavy atom. The molecule has 0 bridgehead atoms. The minimum atomic E-state index is -0.165. The van der Waals surface area contributed by atoms with Gasteiger partial charge in [-0.05, 0) is 44.6 Å². The van der Waals surface area contributed by atoms with Gasteiger partial charge in [0.15, 0.2) is 0 Å². The molecule has 4 heteroatoms. The van der Waals surface area contributed by atoms with Gasteiger partial charge in [0.25, 0.3) is 0 Å². The van der Waals surface area contributed by atoms with Gasteiger partial charge in [0, 0.05) is 13.1 Å². The molecule has 1 heterocycles. The van der Waals surface area contributed by atoms with Crippen LogP contribution in [0.5, 0.6) is 0 Å². The molecule has 2 aliphatic rings. The average Bonchev–Trinajstić information content (AvgIpc) is 2.76. The summed E-state index contributed by atoms with van der Waals surface area (Å²) in [5.74, 6) is 1.85. The van der Waals surface area contributed by atoms with Gasteiger partial charge < -0.3 is 10.6 Å². The Bertz CT molecular complexity index is 269. The summed E-state index contributed by atoms with van der Waals surface area (Å²) in [6, 6.07) is 0. The summed E-state index contributed by atoms with van der Waals surface area (Å²) in [6.45, 7) is 7.11. The normalized spacial score (nSPS) is 35.9. The maximum Gasteiger partial charge on any atom is 0.227 e. The third-order valence-electron chi connectivity index (χ3n) is 4.60. The molecule has 1 saturated carbocycles. The molecule has 106 valence electrons. The van der Waals surface area contributed by atoms with Crippen molar-refractivity contribution in [2.45, 2.75) is 46.0 Å². The summed E-state index contributed by atoms with van der Waals surface area (Å²) >= 11 is 0. The topological polar surface area (TPSA) is 41.1 Å². The van der Waals surface area contributed by atoms with Gasteiger partial charge in [-0.1, -0.05) is 19.8 Å². The van der Waals surface area contributed by atoms with Crippen LogP contribution in [0, 0.1) is 17.3 Å². The number of halogens is 1. The number of hydrogen-bond donors (Lipinski definition) is 2. The third kappa shape index (κ3) is 3.86. The van der Waals surface area contributed by atoms with E-state index in [0.29, 0.717) is 5.92 Å². The Morgan fingerprint density at radius 3 is 2.56 bits per heavy atom. The minimum Gasteiger partial charge on any atom is -0.355 e. The maximum atomic E-state index is 12.1. The number of hydrogen-bond acceptors (Lipinski definition) is 2. The number of carbonyl (C=O) groups excluding carboxylic acids is 1. The summed E-state index contributed by atoms with van der Waals surface area (Å²) in [5.41, 5.74) is -0.165. The van der Waals surface area contributed by atoms with Crippen molar-refractivity contribution < 1.29 is 4.79 Å². The van der Waals surface area contributed by atoms with E-state index in [2.05, 4.69) is 24.5 Å². The molecule has 1 saturated heterocycles. The lowest BCUT2D eigenvalue weighted by atomic mass is 9.82. The second kappa shape index (κ2) is 6.76. The molecule has 1 aliphatic carbocycles. The molecule has 2 fully saturated rings. The summed E-state index contributed by atoms with van der Waals surface area (Å²) < 4.78 is 0. The number of carbonyl (C=O) groups is 1. The Labute approximate surface area is 117 Å². The SMILES string of the molecule is CC1CCC(CNC(=O)C2(C)CCNC2)CC1.Cl. The number of rotatable bonds is 3. The van der Waals surface area contributed by atoms with Crippen molar-refractivity contribution in [1.82, 2.24) is 10.6 Å². The van der Waals surface area contributed by atoms with Gasteiger partial charge in [0.2, 0.25) is 5.91 Å². The largest absolute Gasteiger partial charge is 0.355 e. The van der Waals surface area contributed by atoms with Crippen LogP contribution in [0.3, 0.4) is 0 Å². The molecule has 3 nitrogen and oxygen atoms in total. The first kappa shape index (κ1) is 15.8. The Morgan fingerprint density at radius 1 is 1.33 bits per heavy atom. The average molecular weight is 275 g/mol. The second-order valence-corrected chi connectivity index (χ2v) is 6.32. The van der Waals surface area contributed by atoms with Crippen LogP contribution >= 0.6 is 12.4 Å². The zero-order chi connectivity index (χ0) is 12.3. The second-order valence-electron chi connectivity index (χ2n) is 6.32. The van der Waals surface area contributed by atoms with E-state index in [4.69, 9.17) is 0 Å². The van der Waals surface area contributed by atoms with E-state index in [9.17, 15) is 4.79 Å². The predicted molar refractivity (Wildman–Crippen MR) is 77.0 cm³/mol. The number of nitrogens with one attached hydrogen (secondary N) is 2. The van der Waals surface area contributed by atoms with E-state index < -0.39 is 0 Å². The van der Waals surface area contributed by atoms with Gasteiger partial charge in [-0.15, -0.1) is 12.4 Å². The Kier molecular flexibility index (Phi) is 5.93. The van der Waals surface area contributed by atoms with Gasteiger partial charge in [0.1, 0.15) is 0 Å². The van der Waals surface area contributed by atoms with Crippen LogP contribution in [0.4, 0.5) is 0 Å². The lowest BCUT2D eigenvalue weighted by molar-refractivity contribution is -0.129. The molecule has 0 aromatic carbocycles. The van der Waals surface area contributed by atoms with Crippen LogP contribution in [-0.4, -0.2) is 25.5 Å². The lowest BCUT2D eigenvalue weighted by Crippen LogP contribution is -2.42. The fourth-order valence-corrected chi connectivity index (χ4v) is 2.99. The van der Waals surface area contributed by atoms with Crippen molar-refractivity contribution in [3.8, 4) is 0 Å². The van der Waals surface area contributed by atoms with Crippen LogP contribution in [0.2, 0.25) is 0 Å². The lowest BCUT2D eigenvalue weighted by Gasteiger charge is -2.28.